The topological polar surface area (TPSA) is 75.4 Å². The van der Waals surface area contributed by atoms with Gasteiger partial charge in [0, 0.05) is 11.6 Å². The highest BCUT2D eigenvalue weighted by molar-refractivity contribution is 5.67. The SMILES string of the molecule is O=C(O)CC1CC(c2cnoc2)CCN1. The van der Waals surface area contributed by atoms with Gasteiger partial charge in [0.1, 0.15) is 6.26 Å². The lowest BCUT2D eigenvalue weighted by molar-refractivity contribution is -0.137. The Morgan fingerprint density at radius 2 is 2.60 bits per heavy atom. The molecule has 1 aliphatic rings. The molecule has 0 aromatic carbocycles. The average molecular weight is 210 g/mol. The van der Waals surface area contributed by atoms with Gasteiger partial charge in [-0.1, -0.05) is 5.16 Å². The summed E-state index contributed by atoms with van der Waals surface area (Å²) in [6.07, 6.45) is 5.40. The summed E-state index contributed by atoms with van der Waals surface area (Å²) in [5, 5.41) is 15.6. The monoisotopic (exact) mass is 210 g/mol. The van der Waals surface area contributed by atoms with Crippen molar-refractivity contribution < 1.29 is 14.4 Å². The Kier molecular flexibility index (Phi) is 3.01. The highest BCUT2D eigenvalue weighted by atomic mass is 16.5. The van der Waals surface area contributed by atoms with E-state index in [-0.39, 0.29) is 12.5 Å². The number of carbonyl (C=O) groups is 1. The Morgan fingerprint density at radius 3 is 3.27 bits per heavy atom. The molecule has 0 amide bonds. The van der Waals surface area contributed by atoms with Crippen LogP contribution in [0.3, 0.4) is 0 Å². The van der Waals surface area contributed by atoms with Gasteiger partial charge in [0.15, 0.2) is 0 Å². The summed E-state index contributed by atoms with van der Waals surface area (Å²) in [4.78, 5) is 10.6. The highest BCUT2D eigenvalue weighted by Crippen LogP contribution is 2.28. The van der Waals surface area contributed by atoms with Crippen LogP contribution in [0.2, 0.25) is 0 Å². The van der Waals surface area contributed by atoms with Crippen LogP contribution >= 0.6 is 0 Å². The van der Waals surface area contributed by atoms with Gasteiger partial charge in [-0.3, -0.25) is 4.79 Å². The van der Waals surface area contributed by atoms with E-state index < -0.39 is 5.97 Å². The number of carboxylic acids is 1. The number of aliphatic carboxylic acids is 1. The minimum Gasteiger partial charge on any atom is -0.481 e. The Bertz CT molecular complexity index is 323. The van der Waals surface area contributed by atoms with Crippen LogP contribution in [0.5, 0.6) is 0 Å². The van der Waals surface area contributed by atoms with Crippen LogP contribution in [-0.2, 0) is 4.79 Å². The van der Waals surface area contributed by atoms with Crippen molar-refractivity contribution in [3.63, 3.8) is 0 Å². The predicted molar refractivity (Wildman–Crippen MR) is 52.5 cm³/mol. The molecule has 2 unspecified atom stereocenters. The molecule has 0 saturated carbocycles. The first-order chi connectivity index (χ1) is 7.25. The van der Waals surface area contributed by atoms with E-state index in [9.17, 15) is 4.79 Å². The van der Waals surface area contributed by atoms with E-state index in [2.05, 4.69) is 10.5 Å². The highest BCUT2D eigenvalue weighted by Gasteiger charge is 2.25. The summed E-state index contributed by atoms with van der Waals surface area (Å²) in [6, 6.07) is 0.0659. The molecule has 1 aliphatic heterocycles. The smallest absolute Gasteiger partial charge is 0.304 e. The van der Waals surface area contributed by atoms with Crippen LogP contribution in [0.1, 0.15) is 30.7 Å². The molecule has 15 heavy (non-hydrogen) atoms. The van der Waals surface area contributed by atoms with E-state index >= 15 is 0 Å². The van der Waals surface area contributed by atoms with Crippen LogP contribution in [-0.4, -0.2) is 28.8 Å². The summed E-state index contributed by atoms with van der Waals surface area (Å²) in [6.45, 7) is 0.855. The first-order valence-electron chi connectivity index (χ1n) is 5.10. The molecule has 0 radical (unpaired) electrons. The number of carboxylic acid groups (broad SMARTS) is 1. The molecular formula is C10H14N2O3. The van der Waals surface area contributed by atoms with Crippen molar-refractivity contribution >= 4 is 5.97 Å². The minimum atomic E-state index is -0.751. The molecule has 1 aromatic rings. The van der Waals surface area contributed by atoms with Gasteiger partial charge in [-0.25, -0.2) is 0 Å². The molecule has 2 atom stereocenters. The minimum absolute atomic E-state index is 0.0659. The molecule has 5 heteroatoms. The zero-order valence-electron chi connectivity index (χ0n) is 8.35. The van der Waals surface area contributed by atoms with Gasteiger partial charge in [-0.2, -0.15) is 0 Å². The second kappa shape index (κ2) is 4.44. The third-order valence-electron chi connectivity index (χ3n) is 2.84. The first-order valence-corrected chi connectivity index (χ1v) is 5.10. The van der Waals surface area contributed by atoms with Crippen LogP contribution in [0.4, 0.5) is 0 Å². The van der Waals surface area contributed by atoms with E-state index in [0.717, 1.165) is 24.9 Å². The van der Waals surface area contributed by atoms with E-state index in [1.165, 1.54) is 0 Å². The summed E-state index contributed by atoms with van der Waals surface area (Å²) in [5.74, 6) is -0.375. The van der Waals surface area contributed by atoms with Crippen molar-refractivity contribution in [1.29, 1.82) is 0 Å². The number of nitrogens with zero attached hydrogens (tertiary/aromatic N) is 1. The third-order valence-corrected chi connectivity index (χ3v) is 2.84. The molecule has 2 heterocycles. The second-order valence-corrected chi connectivity index (χ2v) is 3.93. The molecule has 0 bridgehead atoms. The fraction of sp³-hybridized carbons (Fsp3) is 0.600. The molecule has 5 nitrogen and oxygen atoms in total. The van der Waals surface area contributed by atoms with Crippen molar-refractivity contribution in [3.05, 3.63) is 18.0 Å². The molecule has 1 aromatic heterocycles. The fourth-order valence-electron chi connectivity index (χ4n) is 2.09. The lowest BCUT2D eigenvalue weighted by Crippen LogP contribution is -2.38. The van der Waals surface area contributed by atoms with Crippen LogP contribution in [0.15, 0.2) is 17.0 Å². The maximum atomic E-state index is 10.6. The van der Waals surface area contributed by atoms with Crippen molar-refractivity contribution in [2.24, 2.45) is 0 Å². The maximum Gasteiger partial charge on any atom is 0.304 e. The first kappa shape index (κ1) is 10.2. The largest absolute Gasteiger partial charge is 0.481 e. The number of hydrogen-bond donors (Lipinski definition) is 2. The van der Waals surface area contributed by atoms with E-state index in [4.69, 9.17) is 9.63 Å². The zero-order valence-corrected chi connectivity index (χ0v) is 8.35. The quantitative estimate of drug-likeness (QED) is 0.778. The number of piperidine rings is 1. The van der Waals surface area contributed by atoms with Gasteiger partial charge < -0.3 is 14.9 Å². The average Bonchev–Trinajstić information content (AvgIpc) is 2.69. The Hall–Kier alpha value is -1.36. The molecule has 82 valence electrons. The molecule has 1 saturated heterocycles. The van der Waals surface area contributed by atoms with E-state index in [0.29, 0.717) is 5.92 Å². The fourth-order valence-corrected chi connectivity index (χ4v) is 2.09. The summed E-state index contributed by atoms with van der Waals surface area (Å²) < 4.78 is 4.80. The molecular weight excluding hydrogens is 196 g/mol. The summed E-state index contributed by atoms with van der Waals surface area (Å²) in [7, 11) is 0. The Balaban J connectivity index is 1.95. The van der Waals surface area contributed by atoms with Crippen molar-refractivity contribution in [1.82, 2.24) is 10.5 Å². The molecule has 2 N–H and O–H groups in total. The lowest BCUT2D eigenvalue weighted by atomic mass is 9.87. The number of nitrogens with one attached hydrogen (secondary N) is 1. The second-order valence-electron chi connectivity index (χ2n) is 3.93. The van der Waals surface area contributed by atoms with Crippen molar-refractivity contribution in [3.8, 4) is 0 Å². The van der Waals surface area contributed by atoms with Gasteiger partial charge in [-0.15, -0.1) is 0 Å². The Morgan fingerprint density at radius 1 is 1.73 bits per heavy atom. The molecule has 2 rings (SSSR count). The number of hydrogen-bond acceptors (Lipinski definition) is 4. The molecule has 0 aliphatic carbocycles. The van der Waals surface area contributed by atoms with Crippen LogP contribution < -0.4 is 5.32 Å². The summed E-state index contributed by atoms with van der Waals surface area (Å²) in [5.41, 5.74) is 1.08. The zero-order chi connectivity index (χ0) is 10.7. The molecule has 0 spiro atoms. The third kappa shape index (κ3) is 2.56. The van der Waals surface area contributed by atoms with E-state index in [1.807, 2.05) is 0 Å². The van der Waals surface area contributed by atoms with Gasteiger partial charge in [0.2, 0.25) is 0 Å². The molecule has 1 fully saturated rings. The predicted octanol–water partition coefficient (Wildman–Crippen LogP) is 0.985. The van der Waals surface area contributed by atoms with Gasteiger partial charge in [-0.05, 0) is 25.3 Å². The van der Waals surface area contributed by atoms with Crippen LogP contribution in [0.25, 0.3) is 0 Å². The van der Waals surface area contributed by atoms with Gasteiger partial charge in [0.25, 0.3) is 0 Å². The van der Waals surface area contributed by atoms with Gasteiger partial charge in [0.05, 0.1) is 12.6 Å². The van der Waals surface area contributed by atoms with Crippen molar-refractivity contribution in [2.45, 2.75) is 31.2 Å². The lowest BCUT2D eigenvalue weighted by Gasteiger charge is -2.28. The van der Waals surface area contributed by atoms with Gasteiger partial charge >= 0.3 is 5.97 Å². The Labute approximate surface area is 87.5 Å². The normalized spacial score (nSPS) is 26.4. The van der Waals surface area contributed by atoms with E-state index in [1.54, 1.807) is 12.5 Å². The number of aromatic nitrogens is 1. The summed E-state index contributed by atoms with van der Waals surface area (Å²) >= 11 is 0. The van der Waals surface area contributed by atoms with Crippen LogP contribution in [0, 0.1) is 0 Å². The maximum absolute atomic E-state index is 10.6. The standard InChI is InChI=1S/C10H14N2O3/c13-10(14)4-9-3-7(1-2-11-9)8-5-12-15-6-8/h5-7,9,11H,1-4H2,(H,13,14). The van der Waals surface area contributed by atoms with Crippen molar-refractivity contribution in [2.75, 3.05) is 6.54 Å². The number of rotatable bonds is 3.